The predicted octanol–water partition coefficient (Wildman–Crippen LogP) is 4.16. The SMILES string of the molecule is CC(C)(C)OC(=O)N1CC[C@@H]2CN[C@@H]2C1.Cc1cc(C)nc(N2CC[C@@H]3CN(C(=O)OCc4ccccc4)[C@@H]3C2)n1. The lowest BCUT2D eigenvalue weighted by molar-refractivity contribution is -0.00475. The second-order valence-corrected chi connectivity index (χ2v) is 12.7. The number of amides is 2. The van der Waals surface area contributed by atoms with Crippen LogP contribution in [0.25, 0.3) is 0 Å². The molecule has 1 N–H and O–H groups in total. The van der Waals surface area contributed by atoms with E-state index in [2.05, 4.69) is 20.2 Å². The topological polar surface area (TPSA) is 100 Å². The van der Waals surface area contributed by atoms with Crippen LogP contribution in [0.1, 0.15) is 50.6 Å². The summed E-state index contributed by atoms with van der Waals surface area (Å²) in [7, 11) is 0. The van der Waals surface area contributed by atoms with E-state index in [0.29, 0.717) is 18.6 Å². The standard InChI is InChI=1S/C20H24N4O2.C11H20N2O2/c1-14-10-15(2)22-19(21-14)23-9-8-17-11-24(18(17)12-23)20(25)26-13-16-6-4-3-5-7-16;1-11(2,3)15-10(14)13-5-4-8-6-12-9(8)7-13/h3-7,10,17-18H,8-9,11-13H2,1-2H3;8-9,12H,4-7H2,1-3H3/t17-,18-;8-,9-/m11/s1. The summed E-state index contributed by atoms with van der Waals surface area (Å²) in [4.78, 5) is 39.2. The van der Waals surface area contributed by atoms with Gasteiger partial charge in [0.1, 0.15) is 12.2 Å². The second-order valence-electron chi connectivity index (χ2n) is 12.7. The lowest BCUT2D eigenvalue weighted by Gasteiger charge is -2.52. The van der Waals surface area contributed by atoms with Crippen molar-refractivity contribution in [2.75, 3.05) is 44.2 Å². The Labute approximate surface area is 243 Å². The number of nitrogens with one attached hydrogen (secondary N) is 1. The van der Waals surface area contributed by atoms with Crippen molar-refractivity contribution in [3.8, 4) is 0 Å². The molecule has 4 aliphatic heterocycles. The smallest absolute Gasteiger partial charge is 0.410 e. The summed E-state index contributed by atoms with van der Waals surface area (Å²) in [6.07, 6.45) is 1.77. The lowest BCUT2D eigenvalue weighted by atomic mass is 9.83. The number of ether oxygens (including phenoxy) is 2. The highest BCUT2D eigenvalue weighted by Crippen LogP contribution is 2.34. The molecule has 4 aliphatic rings. The molecule has 0 saturated carbocycles. The number of carbonyl (C=O) groups is 2. The Hall–Kier alpha value is -3.40. The maximum atomic E-state index is 12.5. The van der Waals surface area contributed by atoms with Crippen molar-refractivity contribution in [2.24, 2.45) is 11.8 Å². The molecule has 0 aliphatic carbocycles. The molecule has 222 valence electrons. The first-order valence-electron chi connectivity index (χ1n) is 14.8. The summed E-state index contributed by atoms with van der Waals surface area (Å²) in [6, 6.07) is 12.5. The summed E-state index contributed by atoms with van der Waals surface area (Å²) in [5, 5.41) is 3.35. The van der Waals surface area contributed by atoms with Gasteiger partial charge in [-0.05, 0) is 71.6 Å². The van der Waals surface area contributed by atoms with E-state index in [1.54, 1.807) is 0 Å². The van der Waals surface area contributed by atoms with Gasteiger partial charge in [-0.2, -0.15) is 0 Å². The fourth-order valence-electron chi connectivity index (χ4n) is 5.95. The minimum Gasteiger partial charge on any atom is -0.445 e. The molecule has 0 unspecified atom stereocenters. The molecule has 6 rings (SSSR count). The number of carbonyl (C=O) groups excluding carboxylic acids is 2. The van der Waals surface area contributed by atoms with Crippen LogP contribution in [-0.2, 0) is 16.1 Å². The Morgan fingerprint density at radius 2 is 1.66 bits per heavy atom. The molecule has 41 heavy (non-hydrogen) atoms. The van der Waals surface area contributed by atoms with E-state index in [0.717, 1.165) is 80.9 Å². The molecule has 0 radical (unpaired) electrons. The molecule has 0 bridgehead atoms. The highest BCUT2D eigenvalue weighted by Gasteiger charge is 2.46. The Bertz CT molecular complexity index is 1200. The maximum absolute atomic E-state index is 12.5. The third-order valence-electron chi connectivity index (χ3n) is 8.30. The van der Waals surface area contributed by atoms with Crippen molar-refractivity contribution in [1.82, 2.24) is 25.1 Å². The molecule has 4 atom stereocenters. The highest BCUT2D eigenvalue weighted by molar-refractivity contribution is 5.70. The Balaban J connectivity index is 0.000000191. The molecule has 0 spiro atoms. The number of hydrogen-bond donors (Lipinski definition) is 1. The fraction of sp³-hybridized carbons (Fsp3) is 0.613. The monoisotopic (exact) mass is 564 g/mol. The Kier molecular flexibility index (Phi) is 8.68. The summed E-state index contributed by atoms with van der Waals surface area (Å²) in [5.74, 6) is 2.11. The number of anilines is 1. The van der Waals surface area contributed by atoms with E-state index in [1.165, 1.54) is 0 Å². The summed E-state index contributed by atoms with van der Waals surface area (Å²) in [6.45, 7) is 15.3. The number of likely N-dealkylation sites (tertiary alicyclic amines) is 2. The molecule has 2 aromatic rings. The third-order valence-corrected chi connectivity index (χ3v) is 8.30. The van der Waals surface area contributed by atoms with Gasteiger partial charge in [0, 0.05) is 56.1 Å². The van der Waals surface area contributed by atoms with E-state index >= 15 is 0 Å². The third kappa shape index (κ3) is 7.28. The van der Waals surface area contributed by atoms with Gasteiger partial charge in [0.15, 0.2) is 0 Å². The molecule has 4 fully saturated rings. The van der Waals surface area contributed by atoms with Crippen LogP contribution in [0.15, 0.2) is 36.4 Å². The molecule has 5 heterocycles. The molecule has 10 nitrogen and oxygen atoms in total. The van der Waals surface area contributed by atoms with Gasteiger partial charge in [0.05, 0.1) is 6.04 Å². The minimum atomic E-state index is -0.388. The first-order chi connectivity index (χ1) is 19.6. The largest absolute Gasteiger partial charge is 0.445 e. The van der Waals surface area contributed by atoms with Crippen molar-refractivity contribution in [3.63, 3.8) is 0 Å². The molecular weight excluding hydrogens is 520 g/mol. The first kappa shape index (κ1) is 29.1. The molecule has 1 aromatic heterocycles. The average molecular weight is 565 g/mol. The number of aromatic nitrogens is 2. The minimum absolute atomic E-state index is 0.172. The summed E-state index contributed by atoms with van der Waals surface area (Å²) >= 11 is 0. The number of hydrogen-bond acceptors (Lipinski definition) is 8. The van der Waals surface area contributed by atoms with Gasteiger partial charge in [-0.25, -0.2) is 19.6 Å². The van der Waals surface area contributed by atoms with Crippen molar-refractivity contribution in [1.29, 1.82) is 0 Å². The molecule has 1 aromatic carbocycles. The van der Waals surface area contributed by atoms with Crippen LogP contribution in [0.3, 0.4) is 0 Å². The van der Waals surface area contributed by atoms with Crippen LogP contribution in [0.4, 0.5) is 15.5 Å². The number of piperidine rings is 2. The van der Waals surface area contributed by atoms with E-state index in [-0.39, 0.29) is 23.8 Å². The molecule has 2 amide bonds. The predicted molar refractivity (Wildman–Crippen MR) is 157 cm³/mol. The number of rotatable bonds is 3. The normalized spacial score (nSPS) is 25.0. The highest BCUT2D eigenvalue weighted by atomic mass is 16.6. The number of nitrogens with zero attached hydrogens (tertiary/aromatic N) is 5. The Morgan fingerprint density at radius 1 is 0.951 bits per heavy atom. The average Bonchev–Trinajstić information content (AvgIpc) is 2.88. The van der Waals surface area contributed by atoms with Crippen molar-refractivity contribution in [3.05, 3.63) is 53.3 Å². The van der Waals surface area contributed by atoms with E-state index < -0.39 is 0 Å². The van der Waals surface area contributed by atoms with Gasteiger partial charge in [-0.3, -0.25) is 0 Å². The van der Waals surface area contributed by atoms with Gasteiger partial charge in [0.25, 0.3) is 0 Å². The van der Waals surface area contributed by atoms with Crippen molar-refractivity contribution in [2.45, 2.75) is 71.8 Å². The zero-order chi connectivity index (χ0) is 29.1. The molecule has 10 heteroatoms. The lowest BCUT2D eigenvalue weighted by Crippen LogP contribution is -2.66. The quantitative estimate of drug-likeness (QED) is 0.594. The van der Waals surface area contributed by atoms with Crippen LogP contribution >= 0.6 is 0 Å². The zero-order valence-electron chi connectivity index (χ0n) is 25.0. The van der Waals surface area contributed by atoms with Crippen LogP contribution in [-0.4, -0.2) is 88.9 Å². The summed E-state index contributed by atoms with van der Waals surface area (Å²) in [5.41, 5.74) is 2.57. The number of fused-ring (bicyclic) bond motifs is 2. The first-order valence-corrected chi connectivity index (χ1v) is 14.8. The second kappa shape index (κ2) is 12.2. The van der Waals surface area contributed by atoms with Gasteiger partial charge in [0.2, 0.25) is 5.95 Å². The van der Waals surface area contributed by atoms with Crippen LogP contribution in [0.2, 0.25) is 0 Å². The van der Waals surface area contributed by atoms with Crippen molar-refractivity contribution >= 4 is 18.1 Å². The van der Waals surface area contributed by atoms with Gasteiger partial charge in [-0.1, -0.05) is 30.3 Å². The Morgan fingerprint density at radius 3 is 2.29 bits per heavy atom. The molecule has 4 saturated heterocycles. The van der Waals surface area contributed by atoms with Gasteiger partial charge in [-0.15, -0.1) is 0 Å². The zero-order valence-corrected chi connectivity index (χ0v) is 25.0. The van der Waals surface area contributed by atoms with E-state index in [1.807, 2.05) is 80.8 Å². The van der Waals surface area contributed by atoms with Gasteiger partial charge >= 0.3 is 12.2 Å². The van der Waals surface area contributed by atoms with E-state index in [9.17, 15) is 9.59 Å². The number of benzene rings is 1. The molecular formula is C31H44N6O4. The maximum Gasteiger partial charge on any atom is 0.410 e. The van der Waals surface area contributed by atoms with E-state index in [4.69, 9.17) is 9.47 Å². The van der Waals surface area contributed by atoms with Crippen molar-refractivity contribution < 1.29 is 19.1 Å². The van der Waals surface area contributed by atoms with Gasteiger partial charge < -0.3 is 29.5 Å². The van der Waals surface area contributed by atoms with Crippen LogP contribution < -0.4 is 10.2 Å². The fourth-order valence-corrected chi connectivity index (χ4v) is 5.95. The number of aryl methyl sites for hydroxylation is 2. The van der Waals surface area contributed by atoms with Crippen LogP contribution in [0.5, 0.6) is 0 Å². The summed E-state index contributed by atoms with van der Waals surface area (Å²) < 4.78 is 10.8. The van der Waals surface area contributed by atoms with Crippen LogP contribution in [0, 0.1) is 25.7 Å².